The molecular formula is C14H19NO5. The number of aromatic nitrogens is 1. The van der Waals surface area contributed by atoms with Gasteiger partial charge in [-0.2, -0.15) is 0 Å². The molecule has 0 saturated carbocycles. The molecule has 1 heterocycles. The minimum absolute atomic E-state index is 0.172. The van der Waals surface area contributed by atoms with Gasteiger partial charge in [-0.15, -0.1) is 0 Å². The van der Waals surface area contributed by atoms with E-state index in [4.69, 9.17) is 14.2 Å². The van der Waals surface area contributed by atoms with Gasteiger partial charge in [-0.3, -0.25) is 14.6 Å². The van der Waals surface area contributed by atoms with E-state index in [0.29, 0.717) is 12.4 Å². The van der Waals surface area contributed by atoms with Gasteiger partial charge in [0.25, 0.3) is 0 Å². The molecule has 0 bridgehead atoms. The molecule has 1 aromatic rings. The molecule has 0 unspecified atom stereocenters. The van der Waals surface area contributed by atoms with Gasteiger partial charge in [-0.05, 0) is 32.9 Å². The quantitative estimate of drug-likeness (QED) is 0.559. The SMILES string of the molecule is CCOC(=O)C(C(=O)OCC)c1ncccc1OCC. The summed E-state index contributed by atoms with van der Waals surface area (Å²) in [5.74, 6) is -2.23. The van der Waals surface area contributed by atoms with Gasteiger partial charge in [0.05, 0.1) is 19.8 Å². The van der Waals surface area contributed by atoms with Gasteiger partial charge in [0.2, 0.25) is 0 Å². The summed E-state index contributed by atoms with van der Waals surface area (Å²) in [5.41, 5.74) is 0.214. The van der Waals surface area contributed by atoms with E-state index in [0.717, 1.165) is 0 Å². The van der Waals surface area contributed by atoms with Crippen LogP contribution in [-0.4, -0.2) is 36.7 Å². The zero-order valence-electron chi connectivity index (χ0n) is 11.9. The Morgan fingerprint density at radius 1 is 1.10 bits per heavy atom. The topological polar surface area (TPSA) is 74.7 Å². The predicted molar refractivity (Wildman–Crippen MR) is 71.4 cm³/mol. The third-order valence-corrected chi connectivity index (χ3v) is 2.42. The zero-order chi connectivity index (χ0) is 15.0. The van der Waals surface area contributed by atoms with Crippen molar-refractivity contribution in [2.45, 2.75) is 26.7 Å². The molecule has 0 aliphatic carbocycles. The van der Waals surface area contributed by atoms with Crippen molar-refractivity contribution in [3.8, 4) is 5.75 Å². The second-order valence-electron chi connectivity index (χ2n) is 3.76. The summed E-state index contributed by atoms with van der Waals surface area (Å²) in [5, 5.41) is 0. The zero-order valence-corrected chi connectivity index (χ0v) is 11.9. The molecular weight excluding hydrogens is 262 g/mol. The smallest absolute Gasteiger partial charge is 0.326 e. The Labute approximate surface area is 118 Å². The summed E-state index contributed by atoms with van der Waals surface area (Å²) in [4.78, 5) is 28.1. The van der Waals surface area contributed by atoms with Crippen molar-refractivity contribution < 1.29 is 23.8 Å². The van der Waals surface area contributed by atoms with Gasteiger partial charge in [0.1, 0.15) is 11.4 Å². The fourth-order valence-corrected chi connectivity index (χ4v) is 1.67. The lowest BCUT2D eigenvalue weighted by molar-refractivity contribution is -0.157. The molecule has 1 rings (SSSR count). The van der Waals surface area contributed by atoms with E-state index in [-0.39, 0.29) is 18.9 Å². The molecule has 0 aliphatic heterocycles. The van der Waals surface area contributed by atoms with Crippen LogP contribution < -0.4 is 4.74 Å². The van der Waals surface area contributed by atoms with Crippen molar-refractivity contribution >= 4 is 11.9 Å². The third kappa shape index (κ3) is 3.94. The summed E-state index contributed by atoms with van der Waals surface area (Å²) in [7, 11) is 0. The Morgan fingerprint density at radius 2 is 1.70 bits per heavy atom. The van der Waals surface area contributed by atoms with Gasteiger partial charge in [-0.25, -0.2) is 0 Å². The summed E-state index contributed by atoms with van der Waals surface area (Å²) in [6.45, 7) is 5.89. The van der Waals surface area contributed by atoms with Crippen LogP contribution in [0.2, 0.25) is 0 Å². The average Bonchev–Trinajstić information content (AvgIpc) is 2.42. The molecule has 0 atom stereocenters. The summed E-state index contributed by atoms with van der Waals surface area (Å²) >= 11 is 0. The highest BCUT2D eigenvalue weighted by molar-refractivity contribution is 6.01. The number of esters is 2. The Balaban J connectivity index is 3.15. The highest BCUT2D eigenvalue weighted by Crippen LogP contribution is 2.26. The lowest BCUT2D eigenvalue weighted by atomic mass is 10.0. The fourth-order valence-electron chi connectivity index (χ4n) is 1.67. The van der Waals surface area contributed by atoms with Crippen LogP contribution in [0.5, 0.6) is 5.75 Å². The Hall–Kier alpha value is -2.11. The second kappa shape index (κ2) is 8.14. The second-order valence-corrected chi connectivity index (χ2v) is 3.76. The molecule has 0 amide bonds. The van der Waals surface area contributed by atoms with E-state index in [2.05, 4.69) is 4.98 Å². The first kappa shape index (κ1) is 15.9. The van der Waals surface area contributed by atoms with Crippen LogP contribution in [0.4, 0.5) is 0 Å². The normalized spacial score (nSPS) is 10.2. The predicted octanol–water partition coefficient (Wildman–Crippen LogP) is 1.69. The summed E-state index contributed by atoms with van der Waals surface area (Å²) < 4.78 is 15.2. The highest BCUT2D eigenvalue weighted by atomic mass is 16.6. The van der Waals surface area contributed by atoms with Crippen LogP contribution in [0.25, 0.3) is 0 Å². The van der Waals surface area contributed by atoms with E-state index in [1.165, 1.54) is 6.20 Å². The third-order valence-electron chi connectivity index (χ3n) is 2.42. The number of carbonyl (C=O) groups excluding carboxylic acids is 2. The van der Waals surface area contributed by atoms with Crippen LogP contribution in [0.3, 0.4) is 0 Å². The van der Waals surface area contributed by atoms with Crippen LogP contribution in [0, 0.1) is 0 Å². The molecule has 0 spiro atoms. The van der Waals surface area contributed by atoms with Crippen LogP contribution in [-0.2, 0) is 19.1 Å². The number of nitrogens with zero attached hydrogens (tertiary/aromatic N) is 1. The van der Waals surface area contributed by atoms with Crippen molar-refractivity contribution in [2.75, 3.05) is 19.8 Å². The highest BCUT2D eigenvalue weighted by Gasteiger charge is 2.35. The van der Waals surface area contributed by atoms with E-state index in [9.17, 15) is 9.59 Å². The van der Waals surface area contributed by atoms with E-state index >= 15 is 0 Å². The van der Waals surface area contributed by atoms with E-state index in [1.807, 2.05) is 0 Å². The minimum Gasteiger partial charge on any atom is -0.492 e. The van der Waals surface area contributed by atoms with E-state index < -0.39 is 17.9 Å². The van der Waals surface area contributed by atoms with Crippen LogP contribution in [0.15, 0.2) is 18.3 Å². The maximum Gasteiger partial charge on any atom is 0.326 e. The first-order chi connectivity index (χ1) is 9.65. The van der Waals surface area contributed by atoms with Gasteiger partial charge in [0.15, 0.2) is 5.92 Å². The van der Waals surface area contributed by atoms with Crippen LogP contribution >= 0.6 is 0 Å². The standard InChI is InChI=1S/C14H19NO5/c1-4-18-10-8-7-9-15-12(10)11(13(16)19-5-2)14(17)20-6-3/h7-9,11H,4-6H2,1-3H3. The van der Waals surface area contributed by atoms with Crippen LogP contribution in [0.1, 0.15) is 32.4 Å². The molecule has 1 aromatic heterocycles. The molecule has 110 valence electrons. The van der Waals surface area contributed by atoms with Crippen molar-refractivity contribution in [1.82, 2.24) is 4.98 Å². The summed E-state index contributed by atoms with van der Waals surface area (Å²) in [6, 6.07) is 3.32. The number of rotatable bonds is 7. The number of pyridine rings is 1. The Bertz CT molecular complexity index is 443. The molecule has 0 N–H and O–H groups in total. The van der Waals surface area contributed by atoms with Crippen molar-refractivity contribution in [3.63, 3.8) is 0 Å². The van der Waals surface area contributed by atoms with Gasteiger partial charge in [0, 0.05) is 6.20 Å². The molecule has 0 radical (unpaired) electrons. The lowest BCUT2D eigenvalue weighted by Crippen LogP contribution is -2.27. The van der Waals surface area contributed by atoms with E-state index in [1.54, 1.807) is 32.9 Å². The fraction of sp³-hybridized carbons (Fsp3) is 0.500. The molecule has 6 nitrogen and oxygen atoms in total. The minimum atomic E-state index is -1.22. The van der Waals surface area contributed by atoms with Gasteiger partial charge < -0.3 is 14.2 Å². The lowest BCUT2D eigenvalue weighted by Gasteiger charge is -2.16. The molecule has 20 heavy (non-hydrogen) atoms. The molecule has 0 fully saturated rings. The van der Waals surface area contributed by atoms with Gasteiger partial charge >= 0.3 is 11.9 Å². The van der Waals surface area contributed by atoms with Crippen molar-refractivity contribution in [3.05, 3.63) is 24.0 Å². The van der Waals surface area contributed by atoms with Crippen molar-refractivity contribution in [2.24, 2.45) is 0 Å². The summed E-state index contributed by atoms with van der Waals surface area (Å²) in [6.07, 6.45) is 1.49. The van der Waals surface area contributed by atoms with Gasteiger partial charge in [-0.1, -0.05) is 0 Å². The number of hydrogen-bond acceptors (Lipinski definition) is 6. The van der Waals surface area contributed by atoms with Crippen molar-refractivity contribution in [1.29, 1.82) is 0 Å². The number of hydrogen-bond donors (Lipinski definition) is 0. The maximum absolute atomic E-state index is 12.0. The first-order valence-electron chi connectivity index (χ1n) is 6.56. The molecule has 6 heteroatoms. The first-order valence-corrected chi connectivity index (χ1v) is 6.56. The Kier molecular flexibility index (Phi) is 6.49. The largest absolute Gasteiger partial charge is 0.492 e. The average molecular weight is 281 g/mol. The number of carbonyl (C=O) groups is 2. The molecule has 0 aromatic carbocycles. The maximum atomic E-state index is 12.0. The molecule has 0 aliphatic rings. The monoisotopic (exact) mass is 281 g/mol. The molecule has 0 saturated heterocycles. The Morgan fingerprint density at radius 3 is 2.20 bits per heavy atom. The number of ether oxygens (including phenoxy) is 3.